The minimum Gasteiger partial charge on any atom is -0.359 e. The summed E-state index contributed by atoms with van der Waals surface area (Å²) in [7, 11) is 0. The zero-order chi connectivity index (χ0) is 39.6. The third kappa shape index (κ3) is 10.0. The third-order valence-electron chi connectivity index (χ3n) is 11.3. The van der Waals surface area contributed by atoms with Crippen LogP contribution in [0, 0.1) is 27.7 Å². The predicted molar refractivity (Wildman–Crippen MR) is 247 cm³/mol. The molecule has 0 radical (unpaired) electrons. The fourth-order valence-electron chi connectivity index (χ4n) is 7.77. The van der Waals surface area contributed by atoms with Crippen LogP contribution in [0.2, 0.25) is 0 Å². The highest BCUT2D eigenvalue weighted by Crippen LogP contribution is 2.37. The van der Waals surface area contributed by atoms with Gasteiger partial charge in [0.1, 0.15) is 0 Å². The standard InChI is InChI=1S/C47H54N6O2.2BrH/c1-26-38(32(7)48-42(26)24-44-28(3)40(34(9)50-44)22-46(54)52-30(5)36-17-13-11-14-18-36)21-39-27(2)43(49-33(39)8)25-45-29(4)41(35(10)51-45)23-47(55)53-31(6)37-19-15-12-16-20-37;;/h11-20,24-25,30-31,50-51H,21-23H2,1-10H3,(H,52,54)(H,53,55);2*1H/b42-24-,43-25-;;/t30-,31-;;/m0../s1. The molecule has 10 heteroatoms. The monoisotopic (exact) mass is 894 g/mol. The summed E-state index contributed by atoms with van der Waals surface area (Å²) in [5, 5.41) is 6.30. The van der Waals surface area contributed by atoms with E-state index in [0.717, 1.165) is 96.5 Å². The van der Waals surface area contributed by atoms with Crippen molar-refractivity contribution in [2.45, 2.75) is 101 Å². The van der Waals surface area contributed by atoms with Gasteiger partial charge in [-0.25, -0.2) is 0 Å². The molecule has 0 unspecified atom stereocenters. The van der Waals surface area contributed by atoms with Gasteiger partial charge < -0.3 is 20.6 Å². The summed E-state index contributed by atoms with van der Waals surface area (Å²) in [6.07, 6.45) is 5.58. The maximum absolute atomic E-state index is 13.1. The Morgan fingerprint density at radius 1 is 0.596 bits per heavy atom. The maximum Gasteiger partial charge on any atom is 0.224 e. The number of carbonyl (C=O) groups excluding carboxylic acids is 2. The van der Waals surface area contributed by atoms with Crippen molar-refractivity contribution in [2.24, 2.45) is 9.98 Å². The first-order valence-electron chi connectivity index (χ1n) is 19.2. The molecule has 4 aromatic rings. The molecule has 57 heavy (non-hydrogen) atoms. The summed E-state index contributed by atoms with van der Waals surface area (Å²) >= 11 is 0. The zero-order valence-corrected chi connectivity index (χ0v) is 38.2. The Kier molecular flexibility index (Phi) is 15.0. The van der Waals surface area contributed by atoms with Crippen LogP contribution in [-0.2, 0) is 22.4 Å². The normalized spacial score (nSPS) is 16.3. The lowest BCUT2D eigenvalue weighted by atomic mass is 9.93. The zero-order valence-electron chi connectivity index (χ0n) is 34.7. The number of hydrogen-bond acceptors (Lipinski definition) is 4. The lowest BCUT2D eigenvalue weighted by Crippen LogP contribution is -2.28. The number of allylic oxidation sites excluding steroid dienone is 4. The van der Waals surface area contributed by atoms with Crippen molar-refractivity contribution in [1.29, 1.82) is 0 Å². The number of benzene rings is 2. The first-order chi connectivity index (χ1) is 26.2. The molecule has 8 nitrogen and oxygen atoms in total. The van der Waals surface area contributed by atoms with E-state index in [1.54, 1.807) is 0 Å². The van der Waals surface area contributed by atoms with E-state index >= 15 is 0 Å². The smallest absolute Gasteiger partial charge is 0.224 e. The summed E-state index contributed by atoms with van der Waals surface area (Å²) in [6.45, 7) is 20.7. The topological polar surface area (TPSA) is 114 Å². The third-order valence-corrected chi connectivity index (χ3v) is 11.3. The van der Waals surface area contributed by atoms with Crippen molar-refractivity contribution in [3.05, 3.63) is 151 Å². The number of carbonyl (C=O) groups is 2. The molecule has 0 bridgehead atoms. The second kappa shape index (κ2) is 19.1. The van der Waals surface area contributed by atoms with Crippen LogP contribution >= 0.6 is 34.0 Å². The molecule has 4 heterocycles. The number of aliphatic imine (C=N–C) groups is 2. The quantitative estimate of drug-likeness (QED) is 0.113. The van der Waals surface area contributed by atoms with Gasteiger partial charge in [-0.2, -0.15) is 0 Å². The summed E-state index contributed by atoms with van der Waals surface area (Å²) < 4.78 is 0. The molecule has 2 amide bonds. The van der Waals surface area contributed by atoms with Gasteiger partial charge in [0.05, 0.1) is 36.3 Å². The molecule has 2 aliphatic heterocycles. The van der Waals surface area contributed by atoms with E-state index in [1.165, 1.54) is 11.1 Å². The lowest BCUT2D eigenvalue weighted by molar-refractivity contribution is -0.122. The minimum absolute atomic E-state index is 0. The Balaban J connectivity index is 0.00000360. The van der Waals surface area contributed by atoms with Gasteiger partial charge in [-0.15, -0.1) is 34.0 Å². The van der Waals surface area contributed by atoms with Gasteiger partial charge in [0.2, 0.25) is 11.8 Å². The molecule has 2 atom stereocenters. The number of rotatable bonds is 12. The van der Waals surface area contributed by atoms with Crippen LogP contribution in [0.5, 0.6) is 0 Å². The molecular formula is C47H56Br2N6O2. The van der Waals surface area contributed by atoms with Gasteiger partial charge in [0, 0.05) is 40.6 Å². The number of amides is 2. The van der Waals surface area contributed by atoms with Gasteiger partial charge in [0.25, 0.3) is 0 Å². The van der Waals surface area contributed by atoms with Crippen molar-refractivity contribution in [3.63, 3.8) is 0 Å². The number of aromatic nitrogens is 2. The largest absolute Gasteiger partial charge is 0.359 e. The molecule has 2 aliphatic rings. The number of aryl methyl sites for hydroxylation is 2. The molecule has 2 aromatic carbocycles. The summed E-state index contributed by atoms with van der Waals surface area (Å²) in [6, 6.07) is 19.9. The van der Waals surface area contributed by atoms with Gasteiger partial charge in [-0.1, -0.05) is 60.7 Å². The van der Waals surface area contributed by atoms with Gasteiger partial charge >= 0.3 is 0 Å². The van der Waals surface area contributed by atoms with Gasteiger partial charge in [-0.05, 0) is 137 Å². The fourth-order valence-corrected chi connectivity index (χ4v) is 7.77. The van der Waals surface area contributed by atoms with Gasteiger partial charge in [-0.3, -0.25) is 19.6 Å². The first-order valence-corrected chi connectivity index (χ1v) is 19.2. The average molecular weight is 897 g/mol. The molecular weight excluding hydrogens is 840 g/mol. The molecule has 0 saturated heterocycles. The lowest BCUT2D eigenvalue weighted by Gasteiger charge is -2.14. The molecule has 4 N–H and O–H groups in total. The molecule has 300 valence electrons. The van der Waals surface area contributed by atoms with Crippen LogP contribution in [-0.4, -0.2) is 33.2 Å². The number of nitrogens with zero attached hydrogens (tertiary/aromatic N) is 2. The highest BCUT2D eigenvalue weighted by atomic mass is 79.9. The Bertz CT molecular complexity index is 2170. The van der Waals surface area contributed by atoms with Crippen LogP contribution in [0.3, 0.4) is 0 Å². The average Bonchev–Trinajstić information content (AvgIpc) is 3.78. The van der Waals surface area contributed by atoms with Crippen LogP contribution in [0.25, 0.3) is 12.2 Å². The highest BCUT2D eigenvalue weighted by Gasteiger charge is 2.26. The summed E-state index contributed by atoms with van der Waals surface area (Å²) in [4.78, 5) is 43.2. The fraction of sp³-hybridized carbons (Fsp3) is 0.319. The van der Waals surface area contributed by atoms with Crippen LogP contribution < -0.4 is 10.6 Å². The van der Waals surface area contributed by atoms with Gasteiger partial charge in [0.15, 0.2) is 0 Å². The first kappa shape index (κ1) is 44.9. The van der Waals surface area contributed by atoms with Crippen LogP contribution in [0.4, 0.5) is 0 Å². The van der Waals surface area contributed by atoms with Crippen LogP contribution in [0.1, 0.15) is 116 Å². The van der Waals surface area contributed by atoms with E-state index in [2.05, 4.69) is 74.3 Å². The maximum atomic E-state index is 13.1. The number of H-pyrrole nitrogens is 2. The molecule has 6 rings (SSSR count). The number of nitrogens with one attached hydrogen (secondary N) is 4. The second-order valence-electron chi connectivity index (χ2n) is 15.1. The Morgan fingerprint density at radius 2 is 0.947 bits per heavy atom. The van der Waals surface area contributed by atoms with Crippen molar-refractivity contribution in [1.82, 2.24) is 20.6 Å². The van der Waals surface area contributed by atoms with E-state index < -0.39 is 0 Å². The molecule has 2 aromatic heterocycles. The summed E-state index contributed by atoms with van der Waals surface area (Å²) in [5.41, 5.74) is 18.8. The Hall–Kier alpha value is -4.80. The SMILES string of the molecule is Br.Br.CC1=N/C(=C\c2[nH]c(C)c(CC(=O)N[C@@H](C)c3ccccc3)c2C)C(C)=C1CC1=C(C)/C(=C/c2[nH]c(C)c(CC(=O)N[C@@H](C)c3ccccc3)c2C)N=C1C. The second-order valence-corrected chi connectivity index (χ2v) is 15.1. The van der Waals surface area contributed by atoms with Crippen molar-refractivity contribution >= 4 is 69.4 Å². The molecule has 0 spiro atoms. The van der Waals surface area contributed by atoms with E-state index in [0.29, 0.717) is 12.8 Å². The predicted octanol–water partition coefficient (Wildman–Crippen LogP) is 10.9. The van der Waals surface area contributed by atoms with Crippen molar-refractivity contribution in [3.8, 4) is 0 Å². The molecule has 0 fully saturated rings. The molecule has 0 saturated carbocycles. The Morgan fingerprint density at radius 3 is 1.30 bits per heavy atom. The Labute approximate surface area is 358 Å². The minimum atomic E-state index is -0.0651. The van der Waals surface area contributed by atoms with Crippen molar-refractivity contribution < 1.29 is 9.59 Å². The number of aromatic amines is 2. The summed E-state index contributed by atoms with van der Waals surface area (Å²) in [5.74, 6) is -0.00350. The van der Waals surface area contributed by atoms with E-state index in [1.807, 2.05) is 88.4 Å². The number of halogens is 2. The van der Waals surface area contributed by atoms with Crippen molar-refractivity contribution in [2.75, 3.05) is 0 Å². The number of hydrogen-bond donors (Lipinski definition) is 4. The highest BCUT2D eigenvalue weighted by molar-refractivity contribution is 8.93. The van der Waals surface area contributed by atoms with E-state index in [9.17, 15) is 9.59 Å². The van der Waals surface area contributed by atoms with E-state index in [4.69, 9.17) is 9.98 Å². The van der Waals surface area contributed by atoms with E-state index in [-0.39, 0.29) is 57.9 Å². The molecule has 0 aliphatic carbocycles. The van der Waals surface area contributed by atoms with Crippen LogP contribution in [0.15, 0.2) is 104 Å².